The number of nitrogen functional groups attached to an aromatic ring is 1. The standard InChI is InChI=1S/C26H39N5O4S/c1-7-17-8-9-19-18(10-17)11-20(36-19)25(34)29(6)14-21(32)30(12-15(2)3)22-23(27)31(13-16(4)5)26(35)28-24(22)33/h11,15-17H,7-10,12-14,27H2,1-6H3,(H,28,33,35). The SMILES string of the molecule is CCC1CCc2sc(C(=O)N(C)CC(=O)N(CC(C)C)c3c(N)n(CC(C)C)c(=O)[nH]c3=O)cc2C1. The van der Waals surface area contributed by atoms with Crippen molar-refractivity contribution in [2.75, 3.05) is 30.8 Å². The third kappa shape index (κ3) is 6.08. The number of nitrogens with one attached hydrogen (secondary N) is 1. The molecule has 0 aromatic carbocycles. The molecule has 10 heteroatoms. The molecule has 1 unspecified atom stereocenters. The largest absolute Gasteiger partial charge is 0.383 e. The van der Waals surface area contributed by atoms with Gasteiger partial charge in [-0.2, -0.15) is 0 Å². The molecule has 0 saturated heterocycles. The van der Waals surface area contributed by atoms with Crippen LogP contribution in [0.25, 0.3) is 0 Å². The molecule has 2 aromatic rings. The van der Waals surface area contributed by atoms with Crippen molar-refractivity contribution in [3.05, 3.63) is 42.2 Å². The number of nitrogens with two attached hydrogens (primary N) is 1. The van der Waals surface area contributed by atoms with Crippen molar-refractivity contribution in [1.29, 1.82) is 0 Å². The zero-order valence-corrected chi connectivity index (χ0v) is 23.0. The van der Waals surface area contributed by atoms with Crippen LogP contribution in [0.3, 0.4) is 0 Å². The molecular weight excluding hydrogens is 478 g/mol. The summed E-state index contributed by atoms with van der Waals surface area (Å²) in [5.74, 6) is 0.0878. The van der Waals surface area contributed by atoms with Crippen LogP contribution < -0.4 is 21.9 Å². The lowest BCUT2D eigenvalue weighted by atomic mass is 9.87. The number of aromatic amines is 1. The number of aromatic nitrogens is 2. The topological polar surface area (TPSA) is 121 Å². The van der Waals surface area contributed by atoms with Crippen LogP contribution in [0.2, 0.25) is 0 Å². The highest BCUT2D eigenvalue weighted by Gasteiger charge is 2.28. The second-order valence-corrected chi connectivity index (χ2v) is 11.8. The molecule has 2 heterocycles. The Hall–Kier alpha value is -2.88. The van der Waals surface area contributed by atoms with Crippen molar-refractivity contribution in [3.63, 3.8) is 0 Å². The number of aryl methyl sites for hydroxylation is 1. The Balaban J connectivity index is 1.86. The second kappa shape index (κ2) is 11.5. The van der Waals surface area contributed by atoms with Crippen molar-refractivity contribution < 1.29 is 9.59 Å². The Morgan fingerprint density at radius 3 is 2.53 bits per heavy atom. The summed E-state index contributed by atoms with van der Waals surface area (Å²) < 4.78 is 1.29. The minimum atomic E-state index is -0.711. The number of anilines is 2. The Morgan fingerprint density at radius 1 is 1.22 bits per heavy atom. The predicted octanol–water partition coefficient (Wildman–Crippen LogP) is 3.11. The first-order valence-electron chi connectivity index (χ1n) is 12.7. The highest BCUT2D eigenvalue weighted by atomic mass is 32.1. The average Bonchev–Trinajstić information content (AvgIpc) is 3.23. The molecule has 36 heavy (non-hydrogen) atoms. The highest BCUT2D eigenvalue weighted by Crippen LogP contribution is 2.34. The molecule has 0 spiro atoms. The summed E-state index contributed by atoms with van der Waals surface area (Å²) in [7, 11) is 1.59. The molecule has 1 aliphatic rings. The summed E-state index contributed by atoms with van der Waals surface area (Å²) in [6.07, 6.45) is 4.26. The summed E-state index contributed by atoms with van der Waals surface area (Å²) >= 11 is 1.51. The van der Waals surface area contributed by atoms with E-state index in [4.69, 9.17) is 5.73 Å². The fourth-order valence-corrected chi connectivity index (χ4v) is 5.87. The van der Waals surface area contributed by atoms with Gasteiger partial charge in [-0.05, 0) is 48.6 Å². The van der Waals surface area contributed by atoms with E-state index in [-0.39, 0.29) is 42.3 Å². The van der Waals surface area contributed by atoms with Gasteiger partial charge in [0.1, 0.15) is 12.4 Å². The number of hydrogen-bond acceptors (Lipinski definition) is 6. The second-order valence-electron chi connectivity index (χ2n) is 10.6. The average molecular weight is 518 g/mol. The lowest BCUT2D eigenvalue weighted by Gasteiger charge is -2.28. The number of fused-ring (bicyclic) bond motifs is 1. The van der Waals surface area contributed by atoms with Crippen molar-refractivity contribution in [2.24, 2.45) is 17.8 Å². The number of H-pyrrole nitrogens is 1. The monoisotopic (exact) mass is 517 g/mol. The maximum atomic E-state index is 13.5. The van der Waals surface area contributed by atoms with Gasteiger partial charge in [-0.3, -0.25) is 23.9 Å². The molecule has 3 rings (SSSR count). The van der Waals surface area contributed by atoms with E-state index in [0.29, 0.717) is 17.3 Å². The van der Waals surface area contributed by atoms with Gasteiger partial charge >= 0.3 is 5.69 Å². The van der Waals surface area contributed by atoms with Crippen LogP contribution in [0, 0.1) is 17.8 Å². The molecule has 0 radical (unpaired) electrons. The van der Waals surface area contributed by atoms with Crippen LogP contribution >= 0.6 is 11.3 Å². The molecule has 9 nitrogen and oxygen atoms in total. The first-order chi connectivity index (χ1) is 16.9. The summed E-state index contributed by atoms with van der Waals surface area (Å²) in [6, 6.07) is 1.97. The van der Waals surface area contributed by atoms with Gasteiger partial charge in [0.25, 0.3) is 11.5 Å². The molecule has 1 atom stereocenters. The number of carbonyl (C=O) groups excluding carboxylic acids is 2. The van der Waals surface area contributed by atoms with Gasteiger partial charge in [-0.15, -0.1) is 11.3 Å². The minimum absolute atomic E-state index is 0.0229. The summed E-state index contributed by atoms with van der Waals surface area (Å²) in [6.45, 7) is 10.2. The Bertz CT molecular complexity index is 1230. The smallest absolute Gasteiger partial charge is 0.330 e. The molecule has 2 aromatic heterocycles. The van der Waals surface area contributed by atoms with Gasteiger partial charge in [-0.25, -0.2) is 4.79 Å². The van der Waals surface area contributed by atoms with E-state index in [2.05, 4.69) is 11.9 Å². The number of hydrogen-bond donors (Lipinski definition) is 2. The molecule has 0 bridgehead atoms. The number of thiophene rings is 1. The zero-order valence-electron chi connectivity index (χ0n) is 22.2. The maximum absolute atomic E-state index is 13.5. The highest BCUT2D eigenvalue weighted by molar-refractivity contribution is 7.14. The first-order valence-corrected chi connectivity index (χ1v) is 13.5. The number of likely N-dealkylation sites (N-methyl/N-ethyl adjacent to an activating group) is 1. The van der Waals surface area contributed by atoms with Crippen LogP contribution in [-0.4, -0.2) is 46.4 Å². The number of nitrogens with zero attached hydrogens (tertiary/aromatic N) is 3. The van der Waals surface area contributed by atoms with Gasteiger partial charge in [0.15, 0.2) is 5.69 Å². The van der Waals surface area contributed by atoms with Crippen molar-refractivity contribution in [3.8, 4) is 0 Å². The molecule has 0 aliphatic heterocycles. The van der Waals surface area contributed by atoms with Crippen molar-refractivity contribution in [1.82, 2.24) is 14.5 Å². The molecule has 3 N–H and O–H groups in total. The van der Waals surface area contributed by atoms with Crippen LogP contribution in [0.4, 0.5) is 11.5 Å². The van der Waals surface area contributed by atoms with Crippen LogP contribution in [0.15, 0.2) is 15.7 Å². The van der Waals surface area contributed by atoms with Gasteiger partial charge in [-0.1, -0.05) is 41.0 Å². The van der Waals surface area contributed by atoms with Crippen LogP contribution in [0.1, 0.15) is 67.6 Å². The van der Waals surface area contributed by atoms with Crippen LogP contribution in [-0.2, 0) is 24.2 Å². The Kier molecular flexibility index (Phi) is 8.81. The minimum Gasteiger partial charge on any atom is -0.383 e. The maximum Gasteiger partial charge on any atom is 0.330 e. The first kappa shape index (κ1) is 27.7. The van der Waals surface area contributed by atoms with Crippen LogP contribution in [0.5, 0.6) is 0 Å². The molecule has 0 fully saturated rings. The molecule has 1 aliphatic carbocycles. The normalized spacial score (nSPS) is 15.3. The lowest BCUT2D eigenvalue weighted by molar-refractivity contribution is -0.119. The fourth-order valence-electron chi connectivity index (χ4n) is 4.67. The van der Waals surface area contributed by atoms with E-state index < -0.39 is 17.2 Å². The van der Waals surface area contributed by atoms with Crippen molar-refractivity contribution in [2.45, 2.75) is 66.8 Å². The number of carbonyl (C=O) groups is 2. The van der Waals surface area contributed by atoms with E-state index in [9.17, 15) is 19.2 Å². The number of amides is 2. The van der Waals surface area contributed by atoms with Gasteiger partial charge in [0.2, 0.25) is 5.91 Å². The summed E-state index contributed by atoms with van der Waals surface area (Å²) in [5.41, 5.74) is 6.16. The van der Waals surface area contributed by atoms with Gasteiger partial charge < -0.3 is 15.5 Å². The summed E-state index contributed by atoms with van der Waals surface area (Å²) in [5, 5.41) is 0. The Labute approximate surface area is 216 Å². The van der Waals surface area contributed by atoms with E-state index in [1.165, 1.54) is 36.1 Å². The van der Waals surface area contributed by atoms with Crippen molar-refractivity contribution >= 4 is 34.7 Å². The molecular formula is C26H39N5O4S. The molecule has 2 amide bonds. The molecule has 198 valence electrons. The third-order valence-corrected chi connectivity index (χ3v) is 7.80. The van der Waals surface area contributed by atoms with E-state index in [0.717, 1.165) is 25.7 Å². The number of rotatable bonds is 9. The molecule has 0 saturated carbocycles. The zero-order chi connectivity index (χ0) is 26.7. The lowest BCUT2D eigenvalue weighted by Crippen LogP contribution is -2.47. The Morgan fingerprint density at radius 2 is 1.92 bits per heavy atom. The third-order valence-electron chi connectivity index (χ3n) is 6.57. The summed E-state index contributed by atoms with van der Waals surface area (Å²) in [4.78, 5) is 58.8. The van der Waals surface area contributed by atoms with E-state index in [1.54, 1.807) is 7.05 Å². The fraction of sp³-hybridized carbons (Fsp3) is 0.615. The van der Waals surface area contributed by atoms with Gasteiger partial charge in [0, 0.05) is 25.0 Å². The van der Waals surface area contributed by atoms with Gasteiger partial charge in [0.05, 0.1) is 4.88 Å². The van der Waals surface area contributed by atoms with E-state index in [1.807, 2.05) is 33.8 Å². The van der Waals surface area contributed by atoms with E-state index >= 15 is 0 Å². The quantitative estimate of drug-likeness (QED) is 0.529. The predicted molar refractivity (Wildman–Crippen MR) is 145 cm³/mol.